The molecule has 0 saturated heterocycles. The summed E-state index contributed by atoms with van der Waals surface area (Å²) in [5.41, 5.74) is 0.268. The van der Waals surface area contributed by atoms with Gasteiger partial charge in [0.15, 0.2) is 0 Å². The minimum atomic E-state index is -0.892. The summed E-state index contributed by atoms with van der Waals surface area (Å²) in [5.74, 6) is 0.278. The van der Waals surface area contributed by atoms with Crippen LogP contribution in [0.4, 0.5) is 0 Å². The molecule has 3 nitrogen and oxygen atoms in total. The molecule has 22 heavy (non-hydrogen) atoms. The minimum Gasteiger partial charge on any atom is -0.382 e. The van der Waals surface area contributed by atoms with Crippen LogP contribution in [0.1, 0.15) is 29.7 Å². The van der Waals surface area contributed by atoms with Crippen molar-refractivity contribution in [2.75, 3.05) is 6.54 Å². The van der Waals surface area contributed by atoms with Gasteiger partial charge in [-0.05, 0) is 42.2 Å². The first-order chi connectivity index (χ1) is 10.7. The summed E-state index contributed by atoms with van der Waals surface area (Å²) in [6.45, 7) is 0.311. The maximum Gasteiger partial charge on any atom is 0.220 e. The van der Waals surface area contributed by atoms with Crippen molar-refractivity contribution in [1.82, 2.24) is 5.32 Å². The Bertz CT molecular complexity index is 607. The molecule has 2 N–H and O–H groups in total. The quantitative estimate of drug-likeness (QED) is 0.825. The lowest BCUT2D eigenvalue weighted by Gasteiger charge is -2.27. The van der Waals surface area contributed by atoms with Gasteiger partial charge in [-0.15, -0.1) is 11.3 Å². The topological polar surface area (TPSA) is 49.3 Å². The number of aliphatic hydroxyl groups is 1. The third-order valence-electron chi connectivity index (χ3n) is 4.24. The van der Waals surface area contributed by atoms with Gasteiger partial charge in [0.2, 0.25) is 5.91 Å². The number of rotatable bonds is 7. The van der Waals surface area contributed by atoms with Gasteiger partial charge < -0.3 is 10.4 Å². The summed E-state index contributed by atoms with van der Waals surface area (Å²) in [4.78, 5) is 13.0. The van der Waals surface area contributed by atoms with Gasteiger partial charge in [0.05, 0.1) is 6.54 Å². The third-order valence-corrected chi connectivity index (χ3v) is 5.28. The summed E-state index contributed by atoms with van der Waals surface area (Å²) in [6.07, 6.45) is 3.26. The van der Waals surface area contributed by atoms with Crippen molar-refractivity contribution in [2.45, 2.75) is 31.3 Å². The molecule has 1 heterocycles. The Labute approximate surface area is 135 Å². The van der Waals surface area contributed by atoms with Crippen LogP contribution in [0.2, 0.25) is 0 Å². The number of nitrogens with one attached hydrogen (secondary N) is 1. The fourth-order valence-electron chi connectivity index (χ4n) is 2.74. The molecule has 2 aromatic rings. The molecule has 1 saturated carbocycles. The smallest absolute Gasteiger partial charge is 0.220 e. The molecule has 1 aliphatic carbocycles. The fraction of sp³-hybridized carbons (Fsp3) is 0.389. The average molecular weight is 315 g/mol. The predicted molar refractivity (Wildman–Crippen MR) is 88.7 cm³/mol. The lowest BCUT2D eigenvalue weighted by atomic mass is 9.95. The van der Waals surface area contributed by atoms with Gasteiger partial charge in [-0.1, -0.05) is 36.4 Å². The van der Waals surface area contributed by atoms with Gasteiger partial charge in [-0.2, -0.15) is 0 Å². The molecule has 1 fully saturated rings. The molecule has 0 spiro atoms. The van der Waals surface area contributed by atoms with Crippen molar-refractivity contribution >= 4 is 17.2 Å². The van der Waals surface area contributed by atoms with E-state index in [0.29, 0.717) is 13.0 Å². The zero-order chi connectivity index (χ0) is 15.4. The Hall–Kier alpha value is -1.65. The van der Waals surface area contributed by atoms with E-state index >= 15 is 0 Å². The second kappa shape index (κ2) is 6.63. The summed E-state index contributed by atoms with van der Waals surface area (Å²) < 4.78 is 0. The maximum atomic E-state index is 12.1. The monoisotopic (exact) mass is 315 g/mol. The first kappa shape index (κ1) is 15.3. The van der Waals surface area contributed by atoms with E-state index in [0.717, 1.165) is 29.7 Å². The second-order valence-electron chi connectivity index (χ2n) is 5.94. The van der Waals surface area contributed by atoms with Gasteiger partial charge in [-0.3, -0.25) is 4.79 Å². The molecule has 0 radical (unpaired) electrons. The van der Waals surface area contributed by atoms with Crippen LogP contribution in [0.5, 0.6) is 0 Å². The van der Waals surface area contributed by atoms with Crippen LogP contribution in [0.15, 0.2) is 47.8 Å². The third kappa shape index (κ3) is 3.57. The molecular formula is C18H21NO2S. The van der Waals surface area contributed by atoms with Crippen LogP contribution in [-0.2, 0) is 16.8 Å². The van der Waals surface area contributed by atoms with Crippen molar-refractivity contribution in [3.63, 3.8) is 0 Å². The number of hydrogen-bond acceptors (Lipinski definition) is 3. The van der Waals surface area contributed by atoms with E-state index in [4.69, 9.17) is 0 Å². The van der Waals surface area contributed by atoms with Crippen molar-refractivity contribution in [2.24, 2.45) is 5.92 Å². The highest BCUT2D eigenvalue weighted by atomic mass is 32.1. The molecule has 1 atom stereocenters. The van der Waals surface area contributed by atoms with E-state index in [-0.39, 0.29) is 11.8 Å². The Balaban J connectivity index is 1.53. The lowest BCUT2D eigenvalue weighted by molar-refractivity contribution is -0.122. The van der Waals surface area contributed by atoms with Crippen LogP contribution < -0.4 is 5.32 Å². The number of amides is 1. The van der Waals surface area contributed by atoms with Crippen molar-refractivity contribution in [3.05, 3.63) is 58.3 Å². The molecule has 1 amide bonds. The molecule has 1 aromatic heterocycles. The number of carbonyl (C=O) groups is 1. The number of hydrogen-bond donors (Lipinski definition) is 2. The normalized spacial score (nSPS) is 17.0. The zero-order valence-electron chi connectivity index (χ0n) is 12.5. The van der Waals surface area contributed by atoms with Gasteiger partial charge in [-0.25, -0.2) is 0 Å². The Morgan fingerprint density at radius 3 is 2.64 bits per heavy atom. The molecule has 1 aliphatic rings. The highest BCUT2D eigenvalue weighted by Crippen LogP contribution is 2.46. The van der Waals surface area contributed by atoms with Gasteiger partial charge >= 0.3 is 0 Å². The van der Waals surface area contributed by atoms with Crippen LogP contribution >= 0.6 is 11.3 Å². The summed E-state index contributed by atoms with van der Waals surface area (Å²) >= 11 is 1.56. The van der Waals surface area contributed by atoms with Crippen molar-refractivity contribution < 1.29 is 9.90 Å². The fourth-order valence-corrected chi connectivity index (χ4v) is 3.65. The molecule has 0 bridgehead atoms. The highest BCUT2D eigenvalue weighted by molar-refractivity contribution is 7.10. The maximum absolute atomic E-state index is 12.1. The summed E-state index contributed by atoms with van der Waals surface area (Å²) in [6, 6.07) is 13.9. The average Bonchev–Trinajstić information content (AvgIpc) is 3.26. The van der Waals surface area contributed by atoms with Crippen molar-refractivity contribution in [1.29, 1.82) is 0 Å². The van der Waals surface area contributed by atoms with E-state index < -0.39 is 5.60 Å². The Morgan fingerprint density at radius 2 is 2.00 bits per heavy atom. The molecule has 0 aliphatic heterocycles. The molecule has 0 unspecified atom stereocenters. The Kier molecular flexibility index (Phi) is 4.60. The van der Waals surface area contributed by atoms with Crippen LogP contribution in [0, 0.1) is 5.92 Å². The minimum absolute atomic E-state index is 0.000478. The first-order valence-electron chi connectivity index (χ1n) is 7.75. The van der Waals surface area contributed by atoms with E-state index in [1.165, 1.54) is 0 Å². The van der Waals surface area contributed by atoms with E-state index in [1.807, 2.05) is 47.8 Å². The molecule has 116 valence electrons. The lowest BCUT2D eigenvalue weighted by Crippen LogP contribution is -2.42. The summed E-state index contributed by atoms with van der Waals surface area (Å²) in [7, 11) is 0. The number of benzene rings is 1. The molecular weight excluding hydrogens is 294 g/mol. The summed E-state index contributed by atoms with van der Waals surface area (Å²) in [5, 5.41) is 15.8. The van der Waals surface area contributed by atoms with Crippen LogP contribution in [0.3, 0.4) is 0 Å². The second-order valence-corrected chi connectivity index (χ2v) is 6.89. The van der Waals surface area contributed by atoms with Crippen molar-refractivity contribution in [3.8, 4) is 0 Å². The SMILES string of the molecule is O=C(CCc1ccccc1)NC[C@@](O)(c1cccs1)C1CC1. The molecule has 1 aromatic carbocycles. The molecule has 3 rings (SSSR count). The zero-order valence-corrected chi connectivity index (χ0v) is 13.3. The van der Waals surface area contributed by atoms with Gasteiger partial charge in [0, 0.05) is 11.3 Å². The standard InChI is InChI=1S/C18H21NO2S/c20-17(11-8-14-5-2-1-3-6-14)19-13-18(21,15-9-10-15)16-7-4-12-22-16/h1-7,12,15,21H,8-11,13H2,(H,19,20)/t18-/m0/s1. The van der Waals surface area contributed by atoms with E-state index in [9.17, 15) is 9.90 Å². The predicted octanol–water partition coefficient (Wildman–Crippen LogP) is 3.09. The Morgan fingerprint density at radius 1 is 1.23 bits per heavy atom. The van der Waals surface area contributed by atoms with Crippen LogP contribution in [-0.4, -0.2) is 17.6 Å². The largest absolute Gasteiger partial charge is 0.382 e. The van der Waals surface area contributed by atoms with Crippen LogP contribution in [0.25, 0.3) is 0 Å². The number of carbonyl (C=O) groups excluding carboxylic acids is 1. The van der Waals surface area contributed by atoms with Gasteiger partial charge in [0.1, 0.15) is 5.60 Å². The number of aryl methyl sites for hydroxylation is 1. The van der Waals surface area contributed by atoms with E-state index in [2.05, 4.69) is 5.32 Å². The van der Waals surface area contributed by atoms with Gasteiger partial charge in [0.25, 0.3) is 0 Å². The first-order valence-corrected chi connectivity index (χ1v) is 8.63. The number of thiophene rings is 1. The molecule has 4 heteroatoms. The highest BCUT2D eigenvalue weighted by Gasteiger charge is 2.45. The van der Waals surface area contributed by atoms with E-state index in [1.54, 1.807) is 11.3 Å².